The zero-order valence-corrected chi connectivity index (χ0v) is 12.2. The molecule has 1 saturated heterocycles. The highest BCUT2D eigenvalue weighted by Crippen LogP contribution is 2.16. The minimum Gasteiger partial charge on any atom is -0.385 e. The van der Waals surface area contributed by atoms with Gasteiger partial charge in [-0.2, -0.15) is 0 Å². The molecule has 6 heteroatoms. The summed E-state index contributed by atoms with van der Waals surface area (Å²) in [6.45, 7) is 5.07. The van der Waals surface area contributed by atoms with E-state index in [4.69, 9.17) is 4.74 Å². The maximum Gasteiger partial charge on any atom is 0.270 e. The molecular weight excluding hydrogens is 256 g/mol. The molecule has 110 valence electrons. The first kappa shape index (κ1) is 14.7. The Balaban J connectivity index is 2.01. The zero-order valence-electron chi connectivity index (χ0n) is 12.2. The summed E-state index contributed by atoms with van der Waals surface area (Å²) in [4.78, 5) is 23.0. The van der Waals surface area contributed by atoms with Gasteiger partial charge in [-0.15, -0.1) is 0 Å². The third kappa shape index (κ3) is 3.90. The van der Waals surface area contributed by atoms with Gasteiger partial charge in [-0.25, -0.2) is 9.97 Å². The highest BCUT2D eigenvalue weighted by molar-refractivity contribution is 5.92. The predicted octanol–water partition coefficient (Wildman–Crippen LogP) is 1.15. The van der Waals surface area contributed by atoms with Crippen LogP contribution in [0.5, 0.6) is 0 Å². The van der Waals surface area contributed by atoms with Gasteiger partial charge >= 0.3 is 0 Å². The lowest BCUT2D eigenvalue weighted by molar-refractivity contribution is 0.0943. The Bertz CT molecular complexity index is 458. The summed E-state index contributed by atoms with van der Waals surface area (Å²) < 4.78 is 4.95. The van der Waals surface area contributed by atoms with Gasteiger partial charge in [0.1, 0.15) is 5.69 Å². The van der Waals surface area contributed by atoms with E-state index in [1.54, 1.807) is 13.2 Å². The van der Waals surface area contributed by atoms with Gasteiger partial charge < -0.3 is 15.0 Å². The molecule has 0 bridgehead atoms. The molecule has 2 heterocycles. The van der Waals surface area contributed by atoms with Gasteiger partial charge in [-0.05, 0) is 32.3 Å². The van der Waals surface area contributed by atoms with Crippen molar-refractivity contribution in [2.24, 2.45) is 0 Å². The fourth-order valence-corrected chi connectivity index (χ4v) is 2.24. The maximum absolute atomic E-state index is 12.1. The van der Waals surface area contributed by atoms with Crippen molar-refractivity contribution in [1.29, 1.82) is 0 Å². The molecule has 0 aromatic carbocycles. The molecule has 0 unspecified atom stereocenters. The molecule has 0 spiro atoms. The van der Waals surface area contributed by atoms with Gasteiger partial charge in [0.25, 0.3) is 5.91 Å². The molecule has 2 rings (SSSR count). The Morgan fingerprint density at radius 1 is 1.40 bits per heavy atom. The first-order chi connectivity index (χ1) is 9.70. The SMILES string of the molecule is COCCCNC(=O)c1cc(C)nc(N2CCCC2)n1. The van der Waals surface area contributed by atoms with E-state index in [0.717, 1.165) is 38.0 Å². The minimum atomic E-state index is -0.146. The van der Waals surface area contributed by atoms with Gasteiger partial charge in [-0.1, -0.05) is 0 Å². The second-order valence-corrected chi connectivity index (χ2v) is 4.99. The summed E-state index contributed by atoms with van der Waals surface area (Å²) in [5.74, 6) is 0.525. The van der Waals surface area contributed by atoms with Crippen LogP contribution in [-0.4, -0.2) is 49.2 Å². The number of anilines is 1. The highest BCUT2D eigenvalue weighted by Gasteiger charge is 2.17. The van der Waals surface area contributed by atoms with Crippen molar-refractivity contribution >= 4 is 11.9 Å². The summed E-state index contributed by atoms with van der Waals surface area (Å²) in [7, 11) is 1.65. The maximum atomic E-state index is 12.1. The Morgan fingerprint density at radius 3 is 2.85 bits per heavy atom. The average molecular weight is 278 g/mol. The summed E-state index contributed by atoms with van der Waals surface area (Å²) in [6.07, 6.45) is 3.12. The Labute approximate surface area is 119 Å². The van der Waals surface area contributed by atoms with Crippen molar-refractivity contribution in [2.75, 3.05) is 38.3 Å². The second kappa shape index (κ2) is 7.19. The van der Waals surface area contributed by atoms with Crippen LogP contribution in [0.2, 0.25) is 0 Å². The standard InChI is InChI=1S/C14H22N4O2/c1-11-10-12(13(19)15-6-5-9-20-2)17-14(16-11)18-7-3-4-8-18/h10H,3-9H2,1-2H3,(H,15,19). The normalized spacial score (nSPS) is 14.6. The minimum absolute atomic E-state index is 0.146. The number of carbonyl (C=O) groups excluding carboxylic acids is 1. The summed E-state index contributed by atoms with van der Waals surface area (Å²) >= 11 is 0. The zero-order chi connectivity index (χ0) is 14.4. The second-order valence-electron chi connectivity index (χ2n) is 4.99. The van der Waals surface area contributed by atoms with Crippen molar-refractivity contribution in [2.45, 2.75) is 26.2 Å². The van der Waals surface area contributed by atoms with E-state index < -0.39 is 0 Å². The van der Waals surface area contributed by atoms with Crippen LogP contribution in [0.15, 0.2) is 6.07 Å². The monoisotopic (exact) mass is 278 g/mol. The molecule has 1 aromatic heterocycles. The molecule has 1 amide bonds. The highest BCUT2D eigenvalue weighted by atomic mass is 16.5. The quantitative estimate of drug-likeness (QED) is 0.791. The van der Waals surface area contributed by atoms with E-state index in [0.29, 0.717) is 24.8 Å². The average Bonchev–Trinajstić information content (AvgIpc) is 2.97. The Hall–Kier alpha value is -1.69. The van der Waals surface area contributed by atoms with Crippen molar-refractivity contribution in [1.82, 2.24) is 15.3 Å². The molecule has 6 nitrogen and oxygen atoms in total. The van der Waals surface area contributed by atoms with E-state index >= 15 is 0 Å². The third-order valence-corrected chi connectivity index (χ3v) is 3.27. The molecule has 0 aliphatic carbocycles. The van der Waals surface area contributed by atoms with Gasteiger partial charge in [0.05, 0.1) is 0 Å². The molecule has 1 aliphatic rings. The lowest BCUT2D eigenvalue weighted by Gasteiger charge is -2.16. The molecule has 1 fully saturated rings. The smallest absolute Gasteiger partial charge is 0.270 e. The Morgan fingerprint density at radius 2 is 2.15 bits per heavy atom. The lowest BCUT2D eigenvalue weighted by Crippen LogP contribution is -2.28. The first-order valence-corrected chi connectivity index (χ1v) is 7.08. The molecule has 1 aromatic rings. The van der Waals surface area contributed by atoms with Crippen molar-refractivity contribution in [3.63, 3.8) is 0 Å². The van der Waals surface area contributed by atoms with E-state index in [2.05, 4.69) is 20.2 Å². The van der Waals surface area contributed by atoms with Crippen LogP contribution in [0.1, 0.15) is 35.4 Å². The van der Waals surface area contributed by atoms with Crippen LogP contribution < -0.4 is 10.2 Å². The van der Waals surface area contributed by atoms with Crippen LogP contribution in [0.4, 0.5) is 5.95 Å². The lowest BCUT2D eigenvalue weighted by atomic mass is 10.3. The topological polar surface area (TPSA) is 67.3 Å². The van der Waals surface area contributed by atoms with Crippen LogP contribution in [0, 0.1) is 6.92 Å². The van der Waals surface area contributed by atoms with Crippen molar-refractivity contribution < 1.29 is 9.53 Å². The number of ether oxygens (including phenoxy) is 1. The number of nitrogens with zero attached hydrogens (tertiary/aromatic N) is 3. The van der Waals surface area contributed by atoms with Crippen LogP contribution in [0.25, 0.3) is 0 Å². The summed E-state index contributed by atoms with van der Waals surface area (Å²) in [5.41, 5.74) is 1.26. The molecule has 0 atom stereocenters. The number of aryl methyl sites for hydroxylation is 1. The molecule has 1 aliphatic heterocycles. The predicted molar refractivity (Wildman–Crippen MR) is 77.0 cm³/mol. The van der Waals surface area contributed by atoms with Gasteiger partial charge in [0.2, 0.25) is 5.95 Å². The number of hydrogen-bond donors (Lipinski definition) is 1. The number of hydrogen-bond acceptors (Lipinski definition) is 5. The van der Waals surface area contributed by atoms with Crippen molar-refractivity contribution in [3.05, 3.63) is 17.5 Å². The number of rotatable bonds is 6. The number of amides is 1. The number of carbonyl (C=O) groups is 1. The molecule has 0 saturated carbocycles. The summed E-state index contributed by atoms with van der Waals surface area (Å²) in [6, 6.07) is 1.73. The fourth-order valence-electron chi connectivity index (χ4n) is 2.24. The molecule has 0 radical (unpaired) electrons. The van der Waals surface area contributed by atoms with E-state index in [9.17, 15) is 4.79 Å². The van der Waals surface area contributed by atoms with Gasteiger partial charge in [0.15, 0.2) is 0 Å². The molecule has 1 N–H and O–H groups in total. The van der Waals surface area contributed by atoms with E-state index in [1.165, 1.54) is 0 Å². The van der Waals surface area contributed by atoms with E-state index in [1.807, 2.05) is 6.92 Å². The largest absolute Gasteiger partial charge is 0.385 e. The van der Waals surface area contributed by atoms with Crippen LogP contribution in [0.3, 0.4) is 0 Å². The number of methoxy groups -OCH3 is 1. The van der Waals surface area contributed by atoms with Gasteiger partial charge in [-0.3, -0.25) is 4.79 Å². The van der Waals surface area contributed by atoms with Crippen molar-refractivity contribution in [3.8, 4) is 0 Å². The number of aromatic nitrogens is 2. The van der Waals surface area contributed by atoms with Crippen LogP contribution >= 0.6 is 0 Å². The van der Waals surface area contributed by atoms with E-state index in [-0.39, 0.29) is 5.91 Å². The third-order valence-electron chi connectivity index (χ3n) is 3.27. The van der Waals surface area contributed by atoms with Crippen LogP contribution in [-0.2, 0) is 4.74 Å². The Kier molecular flexibility index (Phi) is 5.29. The molecule has 20 heavy (non-hydrogen) atoms. The fraction of sp³-hybridized carbons (Fsp3) is 0.643. The summed E-state index contributed by atoms with van der Waals surface area (Å²) in [5, 5.41) is 2.85. The van der Waals surface area contributed by atoms with Gasteiger partial charge in [0, 0.05) is 39.0 Å². The first-order valence-electron chi connectivity index (χ1n) is 7.08. The molecular formula is C14H22N4O2. The number of nitrogens with one attached hydrogen (secondary N) is 1.